The molecule has 0 unspecified atom stereocenters. The third kappa shape index (κ3) is 17.8. The Morgan fingerprint density at radius 1 is 0.865 bits per heavy atom. The number of nitrogens with one attached hydrogen (secondary N) is 1. The molecule has 1 aromatic rings. The molecule has 1 heterocycles. The molecular weight excluding hydrogens is 532 g/mol. The quantitative estimate of drug-likeness (QED) is 0.204. The van der Waals surface area contributed by atoms with Crippen LogP contribution in [-0.2, 0) is 0 Å². The number of amides is 1. The zero-order chi connectivity index (χ0) is 26.3. The minimum Gasteiger partial charge on any atom is -1.00 e. The van der Waals surface area contributed by atoms with Crippen molar-refractivity contribution >= 4 is 11.8 Å². The van der Waals surface area contributed by atoms with Crippen LogP contribution in [0.15, 0.2) is 24.3 Å². The van der Waals surface area contributed by atoms with E-state index >= 15 is 0 Å². The van der Waals surface area contributed by atoms with Gasteiger partial charge in [-0.1, -0.05) is 83.8 Å². The Morgan fingerprint density at radius 2 is 1.43 bits per heavy atom. The molecule has 0 spiro atoms. The Morgan fingerprint density at radius 3 is 2.03 bits per heavy atom. The number of aliphatic hydroxyl groups excluding tert-OH is 1. The third-order valence-electron chi connectivity index (χ3n) is 7.20. The number of piperidine rings is 1. The van der Waals surface area contributed by atoms with Crippen molar-refractivity contribution in [3.05, 3.63) is 24.3 Å². The van der Waals surface area contributed by atoms with Gasteiger partial charge in [0, 0.05) is 0 Å². The molecular formula is C30H54BrN2O4-. The zero-order valence-corrected chi connectivity index (χ0v) is 25.2. The summed E-state index contributed by atoms with van der Waals surface area (Å²) in [5, 5.41) is 22.0. The van der Waals surface area contributed by atoms with Crippen LogP contribution in [-0.4, -0.2) is 55.1 Å². The van der Waals surface area contributed by atoms with Crippen LogP contribution < -0.4 is 32.1 Å². The minimum atomic E-state index is -1.33. The van der Waals surface area contributed by atoms with Gasteiger partial charge in [0.15, 0.2) is 0 Å². The van der Waals surface area contributed by atoms with Crippen molar-refractivity contribution in [1.82, 2.24) is 0 Å². The van der Waals surface area contributed by atoms with Gasteiger partial charge in [-0.3, -0.25) is 0 Å². The Balaban J connectivity index is 0.000000682. The summed E-state index contributed by atoms with van der Waals surface area (Å²) < 4.78 is 6.78. The monoisotopic (exact) mass is 585 g/mol. The van der Waals surface area contributed by atoms with Crippen LogP contribution in [0.3, 0.4) is 0 Å². The number of likely N-dealkylation sites (tertiary alicyclic amines) is 1. The van der Waals surface area contributed by atoms with Crippen molar-refractivity contribution in [3.8, 4) is 5.75 Å². The van der Waals surface area contributed by atoms with Crippen LogP contribution in [0.4, 0.5) is 10.5 Å². The van der Waals surface area contributed by atoms with E-state index in [4.69, 9.17) is 4.74 Å². The molecule has 1 amide bonds. The van der Waals surface area contributed by atoms with E-state index in [1.54, 1.807) is 18.2 Å². The molecule has 2 rings (SSSR count). The van der Waals surface area contributed by atoms with Gasteiger partial charge in [0.1, 0.15) is 18.4 Å². The number of anilines is 1. The van der Waals surface area contributed by atoms with E-state index in [2.05, 4.69) is 19.2 Å². The second-order valence-electron chi connectivity index (χ2n) is 10.3. The van der Waals surface area contributed by atoms with Crippen molar-refractivity contribution in [1.29, 1.82) is 0 Å². The molecule has 2 N–H and O–H groups in total. The third-order valence-corrected chi connectivity index (χ3v) is 7.20. The maximum Gasteiger partial charge on any atom is 0.142 e. The first-order chi connectivity index (χ1) is 17.6. The molecule has 216 valence electrons. The number of aliphatic hydroxyl groups is 1. The Kier molecular flexibility index (Phi) is 22.9. The van der Waals surface area contributed by atoms with Crippen molar-refractivity contribution < 1.29 is 41.2 Å². The molecule has 1 aliphatic rings. The number of halogens is 1. The average molecular weight is 587 g/mol. The number of quaternary nitrogens is 1. The highest BCUT2D eigenvalue weighted by molar-refractivity contribution is 5.83. The molecule has 7 heteroatoms. The maximum absolute atomic E-state index is 10.5. The number of benzene rings is 1. The van der Waals surface area contributed by atoms with E-state index in [9.17, 15) is 15.0 Å². The number of hydrogen-bond acceptors (Lipinski definition) is 4. The smallest absolute Gasteiger partial charge is 0.142 e. The van der Waals surface area contributed by atoms with Gasteiger partial charge in [0.2, 0.25) is 0 Å². The molecule has 1 fully saturated rings. The van der Waals surface area contributed by atoms with Gasteiger partial charge in [-0.15, -0.1) is 0 Å². The Bertz CT molecular complexity index is 663. The van der Waals surface area contributed by atoms with E-state index in [0.29, 0.717) is 24.7 Å². The molecule has 1 saturated heterocycles. The van der Waals surface area contributed by atoms with E-state index in [0.717, 1.165) is 19.4 Å². The fourth-order valence-corrected chi connectivity index (χ4v) is 5.05. The number of para-hydroxylation sites is 2. The Hall–Kier alpha value is -1.31. The summed E-state index contributed by atoms with van der Waals surface area (Å²) in [4.78, 5) is 10.5. The summed E-state index contributed by atoms with van der Waals surface area (Å²) in [7, 11) is 0. The van der Waals surface area contributed by atoms with Gasteiger partial charge in [0.05, 0.1) is 38.5 Å². The Labute approximate surface area is 237 Å². The molecule has 0 saturated carbocycles. The van der Waals surface area contributed by atoms with Crippen LogP contribution in [0, 0.1) is 0 Å². The highest BCUT2D eigenvalue weighted by atomic mass is 79.9. The van der Waals surface area contributed by atoms with E-state index in [1.807, 2.05) is 6.07 Å². The summed E-state index contributed by atoms with van der Waals surface area (Å²) >= 11 is 0. The van der Waals surface area contributed by atoms with Crippen molar-refractivity contribution in [2.45, 2.75) is 110 Å². The van der Waals surface area contributed by atoms with Crippen molar-refractivity contribution in [2.75, 3.05) is 44.7 Å². The fourth-order valence-electron chi connectivity index (χ4n) is 5.05. The van der Waals surface area contributed by atoms with Gasteiger partial charge in [-0.2, -0.15) is 0 Å². The summed E-state index contributed by atoms with van der Waals surface area (Å²) in [6.07, 6.45) is 18.4. The molecule has 0 radical (unpaired) electrons. The molecule has 1 aromatic carbocycles. The number of rotatable bonds is 18. The van der Waals surface area contributed by atoms with Gasteiger partial charge in [-0.25, -0.2) is 0 Å². The number of carbonyl (C=O) groups is 1. The lowest BCUT2D eigenvalue weighted by Crippen LogP contribution is -3.00. The largest absolute Gasteiger partial charge is 1.00 e. The highest BCUT2D eigenvalue weighted by Gasteiger charge is 2.28. The summed E-state index contributed by atoms with van der Waals surface area (Å²) in [6, 6.07) is 6.96. The highest BCUT2D eigenvalue weighted by Crippen LogP contribution is 2.24. The first-order valence-corrected chi connectivity index (χ1v) is 14.7. The van der Waals surface area contributed by atoms with Gasteiger partial charge < -0.3 is 46.5 Å². The lowest BCUT2D eigenvalue weighted by Gasteiger charge is -2.41. The summed E-state index contributed by atoms with van der Waals surface area (Å²) in [5.74, 6) is 0.553. The normalized spacial score (nSPS) is 14.1. The SMILES string of the molecule is CCCCCCCCC[N+]1(CCO)CCCCC1.CCCCCCCOc1ccccc1NC(=O)[O-].[Br-]. The molecule has 0 atom stereocenters. The second-order valence-corrected chi connectivity index (χ2v) is 10.3. The minimum absolute atomic E-state index is 0. The first kappa shape index (κ1) is 35.7. The molecule has 0 aromatic heterocycles. The predicted octanol–water partition coefficient (Wildman–Crippen LogP) is 3.53. The fraction of sp³-hybridized carbons (Fsp3) is 0.767. The molecule has 37 heavy (non-hydrogen) atoms. The van der Waals surface area contributed by atoms with E-state index < -0.39 is 6.09 Å². The predicted molar refractivity (Wildman–Crippen MR) is 148 cm³/mol. The number of unbranched alkanes of at least 4 members (excludes halogenated alkanes) is 10. The van der Waals surface area contributed by atoms with Crippen LogP contribution in [0.5, 0.6) is 5.75 Å². The summed E-state index contributed by atoms with van der Waals surface area (Å²) in [5.41, 5.74) is 0.436. The number of nitrogens with zero attached hydrogens (tertiary/aromatic N) is 1. The van der Waals surface area contributed by atoms with E-state index in [1.165, 1.54) is 108 Å². The topological polar surface area (TPSA) is 81.6 Å². The summed E-state index contributed by atoms with van der Waals surface area (Å²) in [6.45, 7) is 10.4. The van der Waals surface area contributed by atoms with Gasteiger partial charge in [-0.05, 0) is 50.7 Å². The van der Waals surface area contributed by atoms with Gasteiger partial charge in [0.25, 0.3) is 0 Å². The number of ether oxygens (including phenoxy) is 1. The van der Waals surface area contributed by atoms with E-state index in [-0.39, 0.29) is 17.0 Å². The van der Waals surface area contributed by atoms with Crippen LogP contribution in [0.1, 0.15) is 110 Å². The zero-order valence-electron chi connectivity index (χ0n) is 23.7. The molecule has 0 aliphatic carbocycles. The van der Waals surface area contributed by atoms with Gasteiger partial charge >= 0.3 is 0 Å². The lowest BCUT2D eigenvalue weighted by atomic mass is 10.0. The van der Waals surface area contributed by atoms with Crippen molar-refractivity contribution in [2.24, 2.45) is 0 Å². The molecule has 0 bridgehead atoms. The maximum atomic E-state index is 10.5. The van der Waals surface area contributed by atoms with Crippen LogP contribution >= 0.6 is 0 Å². The number of carboxylic acid groups (broad SMARTS) is 1. The average Bonchev–Trinajstić information content (AvgIpc) is 2.87. The number of carbonyl (C=O) groups excluding carboxylic acids is 1. The number of hydrogen-bond donors (Lipinski definition) is 2. The van der Waals surface area contributed by atoms with Crippen molar-refractivity contribution in [3.63, 3.8) is 0 Å². The van der Waals surface area contributed by atoms with Crippen LogP contribution in [0.25, 0.3) is 0 Å². The lowest BCUT2D eigenvalue weighted by molar-refractivity contribution is -0.932. The standard InChI is InChI=1S/C16H34NO.C14H21NO3.BrH/c1-2-3-4-5-6-7-9-12-17(15-16-18)13-10-8-11-14-17;1-2-3-4-5-8-11-18-13-10-7-6-9-12(13)15-14(16)17;/h18H,2-16H2,1H3;6-7,9-10,15H,2-5,8,11H2,1H3,(H,16,17);1H/q+1;;/p-2. The van der Waals surface area contributed by atoms with Crippen LogP contribution in [0.2, 0.25) is 0 Å². The molecule has 1 aliphatic heterocycles. The second kappa shape index (κ2) is 23.8. The molecule has 6 nitrogen and oxygen atoms in total. The first-order valence-electron chi connectivity index (χ1n) is 14.7.